The molecule has 1 aromatic rings. The molecule has 2 atom stereocenters. The molecule has 18 heavy (non-hydrogen) atoms. The Morgan fingerprint density at radius 2 is 2.22 bits per heavy atom. The fourth-order valence-corrected chi connectivity index (χ4v) is 3.00. The third kappa shape index (κ3) is 3.63. The SMILES string of the molecule is COc1ccc(Cl)cc1CNCC1CCC(C)C1. The molecule has 0 bridgehead atoms. The van der Waals surface area contributed by atoms with Crippen molar-refractivity contribution in [2.45, 2.75) is 32.7 Å². The standard InChI is InChI=1S/C15H22ClNO/c1-11-3-4-12(7-11)9-17-10-13-8-14(16)5-6-15(13)18-2/h5-6,8,11-12,17H,3-4,7,9-10H2,1-2H3. The van der Waals surface area contributed by atoms with Gasteiger partial charge in [0.25, 0.3) is 0 Å². The molecule has 1 saturated carbocycles. The maximum Gasteiger partial charge on any atom is 0.123 e. The van der Waals surface area contributed by atoms with Gasteiger partial charge in [0.2, 0.25) is 0 Å². The van der Waals surface area contributed by atoms with Crippen LogP contribution in [0.3, 0.4) is 0 Å². The number of ether oxygens (including phenoxy) is 1. The van der Waals surface area contributed by atoms with Crippen LogP contribution in [0.1, 0.15) is 31.7 Å². The lowest BCUT2D eigenvalue weighted by atomic mass is 10.1. The maximum atomic E-state index is 6.02. The Morgan fingerprint density at radius 1 is 1.39 bits per heavy atom. The third-order valence-corrected chi connectivity index (χ3v) is 4.03. The van der Waals surface area contributed by atoms with Crippen molar-refractivity contribution in [3.63, 3.8) is 0 Å². The molecule has 0 aliphatic heterocycles. The molecule has 1 fully saturated rings. The zero-order chi connectivity index (χ0) is 13.0. The third-order valence-electron chi connectivity index (χ3n) is 3.79. The van der Waals surface area contributed by atoms with Crippen LogP contribution in [0.25, 0.3) is 0 Å². The average Bonchev–Trinajstić information content (AvgIpc) is 2.75. The Labute approximate surface area is 115 Å². The normalized spacial score (nSPS) is 23.3. The van der Waals surface area contributed by atoms with Crippen LogP contribution < -0.4 is 10.1 Å². The van der Waals surface area contributed by atoms with Gasteiger partial charge in [-0.2, -0.15) is 0 Å². The van der Waals surface area contributed by atoms with Gasteiger partial charge in [0.05, 0.1) is 7.11 Å². The number of halogens is 1. The fraction of sp³-hybridized carbons (Fsp3) is 0.600. The largest absolute Gasteiger partial charge is 0.496 e. The molecule has 0 amide bonds. The predicted octanol–water partition coefficient (Wildman–Crippen LogP) is 3.87. The average molecular weight is 268 g/mol. The van der Waals surface area contributed by atoms with Crippen LogP contribution in [0, 0.1) is 11.8 Å². The smallest absolute Gasteiger partial charge is 0.123 e. The lowest BCUT2D eigenvalue weighted by Crippen LogP contribution is -2.21. The van der Waals surface area contributed by atoms with Gasteiger partial charge in [-0.3, -0.25) is 0 Å². The van der Waals surface area contributed by atoms with Crippen LogP contribution in [0.5, 0.6) is 5.75 Å². The second-order valence-electron chi connectivity index (χ2n) is 5.37. The van der Waals surface area contributed by atoms with E-state index in [2.05, 4.69) is 12.2 Å². The van der Waals surface area contributed by atoms with Gasteiger partial charge in [-0.05, 0) is 49.4 Å². The topological polar surface area (TPSA) is 21.3 Å². The molecule has 2 rings (SSSR count). The summed E-state index contributed by atoms with van der Waals surface area (Å²) in [6.07, 6.45) is 4.10. The summed E-state index contributed by atoms with van der Waals surface area (Å²) in [4.78, 5) is 0. The van der Waals surface area contributed by atoms with E-state index in [0.717, 1.165) is 41.3 Å². The van der Waals surface area contributed by atoms with E-state index in [-0.39, 0.29) is 0 Å². The zero-order valence-electron chi connectivity index (χ0n) is 11.2. The van der Waals surface area contributed by atoms with Gasteiger partial charge < -0.3 is 10.1 Å². The number of hydrogen-bond donors (Lipinski definition) is 1. The molecule has 0 aromatic heterocycles. The summed E-state index contributed by atoms with van der Waals surface area (Å²) in [6.45, 7) is 4.27. The van der Waals surface area contributed by atoms with Crippen molar-refractivity contribution >= 4 is 11.6 Å². The molecular formula is C15H22ClNO. The quantitative estimate of drug-likeness (QED) is 0.874. The van der Waals surface area contributed by atoms with Crippen LogP contribution in [-0.2, 0) is 6.54 Å². The van der Waals surface area contributed by atoms with Crippen LogP contribution in [-0.4, -0.2) is 13.7 Å². The molecule has 0 spiro atoms. The summed E-state index contributed by atoms with van der Waals surface area (Å²) in [5.41, 5.74) is 1.14. The Hall–Kier alpha value is -0.730. The Balaban J connectivity index is 1.84. The van der Waals surface area contributed by atoms with Crippen LogP contribution in [0.2, 0.25) is 5.02 Å². The first-order valence-electron chi connectivity index (χ1n) is 6.72. The summed E-state index contributed by atoms with van der Waals surface area (Å²) in [5, 5.41) is 4.29. The van der Waals surface area contributed by atoms with E-state index >= 15 is 0 Å². The first kappa shape index (κ1) is 13.7. The highest BCUT2D eigenvalue weighted by Gasteiger charge is 2.20. The van der Waals surface area contributed by atoms with E-state index < -0.39 is 0 Å². The van der Waals surface area contributed by atoms with Gasteiger partial charge in [0, 0.05) is 17.1 Å². The molecule has 1 aromatic carbocycles. The summed E-state index contributed by atoms with van der Waals surface area (Å²) in [7, 11) is 1.70. The molecule has 2 unspecified atom stereocenters. The van der Waals surface area contributed by atoms with Crippen molar-refractivity contribution in [1.82, 2.24) is 5.32 Å². The molecule has 3 heteroatoms. The fourth-order valence-electron chi connectivity index (χ4n) is 2.81. The number of hydrogen-bond acceptors (Lipinski definition) is 2. The molecule has 2 nitrogen and oxygen atoms in total. The maximum absolute atomic E-state index is 6.02. The predicted molar refractivity (Wildman–Crippen MR) is 76.2 cm³/mol. The van der Waals surface area contributed by atoms with Gasteiger partial charge >= 0.3 is 0 Å². The lowest BCUT2D eigenvalue weighted by molar-refractivity contribution is 0.405. The van der Waals surface area contributed by atoms with Crippen LogP contribution in [0.15, 0.2) is 18.2 Å². The van der Waals surface area contributed by atoms with Crippen molar-refractivity contribution in [3.05, 3.63) is 28.8 Å². The minimum Gasteiger partial charge on any atom is -0.496 e. The van der Waals surface area contributed by atoms with E-state index in [1.807, 2.05) is 18.2 Å². The highest BCUT2D eigenvalue weighted by molar-refractivity contribution is 6.30. The van der Waals surface area contributed by atoms with E-state index in [1.165, 1.54) is 19.3 Å². The van der Waals surface area contributed by atoms with Gasteiger partial charge in [-0.1, -0.05) is 24.9 Å². The van der Waals surface area contributed by atoms with Crippen molar-refractivity contribution < 1.29 is 4.74 Å². The van der Waals surface area contributed by atoms with Crippen molar-refractivity contribution in [2.24, 2.45) is 11.8 Å². The highest BCUT2D eigenvalue weighted by atomic mass is 35.5. The summed E-state index contributed by atoms with van der Waals surface area (Å²) >= 11 is 6.02. The molecule has 1 aliphatic carbocycles. The Morgan fingerprint density at radius 3 is 2.89 bits per heavy atom. The monoisotopic (exact) mass is 267 g/mol. The van der Waals surface area contributed by atoms with E-state index in [4.69, 9.17) is 16.3 Å². The number of rotatable bonds is 5. The van der Waals surface area contributed by atoms with Crippen LogP contribution >= 0.6 is 11.6 Å². The minimum absolute atomic E-state index is 0.766. The van der Waals surface area contributed by atoms with Gasteiger partial charge in [-0.15, -0.1) is 0 Å². The Kier molecular flexibility index (Phi) is 4.90. The summed E-state index contributed by atoms with van der Waals surface area (Å²) in [5.74, 6) is 2.65. The van der Waals surface area contributed by atoms with Gasteiger partial charge in [-0.25, -0.2) is 0 Å². The first-order valence-corrected chi connectivity index (χ1v) is 7.10. The Bertz CT molecular complexity index is 394. The second kappa shape index (κ2) is 6.44. The minimum atomic E-state index is 0.766. The van der Waals surface area contributed by atoms with E-state index in [9.17, 15) is 0 Å². The van der Waals surface area contributed by atoms with E-state index in [1.54, 1.807) is 7.11 Å². The highest BCUT2D eigenvalue weighted by Crippen LogP contribution is 2.30. The summed E-state index contributed by atoms with van der Waals surface area (Å²) < 4.78 is 5.34. The van der Waals surface area contributed by atoms with E-state index in [0.29, 0.717) is 0 Å². The summed E-state index contributed by atoms with van der Waals surface area (Å²) in [6, 6.07) is 5.77. The zero-order valence-corrected chi connectivity index (χ0v) is 12.0. The molecule has 0 saturated heterocycles. The number of nitrogens with one attached hydrogen (secondary N) is 1. The molecule has 0 heterocycles. The molecule has 1 N–H and O–H groups in total. The molecular weight excluding hydrogens is 246 g/mol. The molecule has 100 valence electrons. The molecule has 1 aliphatic rings. The number of methoxy groups -OCH3 is 1. The van der Waals surface area contributed by atoms with Gasteiger partial charge in [0.1, 0.15) is 5.75 Å². The van der Waals surface area contributed by atoms with Crippen molar-refractivity contribution in [3.8, 4) is 5.75 Å². The lowest BCUT2D eigenvalue weighted by Gasteiger charge is -2.13. The number of benzene rings is 1. The molecule has 0 radical (unpaired) electrons. The van der Waals surface area contributed by atoms with Crippen molar-refractivity contribution in [2.75, 3.05) is 13.7 Å². The first-order chi connectivity index (χ1) is 8.69. The second-order valence-corrected chi connectivity index (χ2v) is 5.81. The van der Waals surface area contributed by atoms with Gasteiger partial charge in [0.15, 0.2) is 0 Å². The van der Waals surface area contributed by atoms with Crippen LogP contribution in [0.4, 0.5) is 0 Å². The van der Waals surface area contributed by atoms with Crippen molar-refractivity contribution in [1.29, 1.82) is 0 Å².